The van der Waals surface area contributed by atoms with Gasteiger partial charge in [0.15, 0.2) is 0 Å². The Bertz CT molecular complexity index is 453. The van der Waals surface area contributed by atoms with Crippen molar-refractivity contribution in [2.24, 2.45) is 0 Å². The lowest BCUT2D eigenvalue weighted by molar-refractivity contribution is -0.305. The Labute approximate surface area is 159 Å². The average Bonchev–Trinajstić information content (AvgIpc) is 2.62. The zero-order chi connectivity index (χ0) is 18.9. The molecular formula is C23H37O3-. The van der Waals surface area contributed by atoms with Crippen LogP contribution in [0.2, 0.25) is 0 Å². The summed E-state index contributed by atoms with van der Waals surface area (Å²) in [6.45, 7) is 0. The summed E-state index contributed by atoms with van der Waals surface area (Å²) in [6.07, 6.45) is 18.8. The Hall–Kier alpha value is -1.51. The topological polar surface area (TPSA) is 60.4 Å². The summed E-state index contributed by atoms with van der Waals surface area (Å²) in [4.78, 5) is 10.3. The predicted octanol–water partition coefficient (Wildman–Crippen LogP) is 5.54. The third kappa shape index (κ3) is 13.7. The number of carbonyl (C=O) groups is 1. The summed E-state index contributed by atoms with van der Waals surface area (Å²) in [5.74, 6) is -0.565. The lowest BCUT2D eigenvalue weighted by atomic mass is 10.0. The summed E-state index contributed by atoms with van der Waals surface area (Å²) < 4.78 is 0. The predicted molar refractivity (Wildman–Crippen MR) is 106 cm³/mol. The molecule has 0 aromatic heterocycles. The van der Waals surface area contributed by atoms with E-state index in [1.807, 2.05) is 12.1 Å². The Kier molecular flexibility index (Phi) is 13.6. The molecule has 3 nitrogen and oxygen atoms in total. The van der Waals surface area contributed by atoms with Crippen LogP contribution in [0.1, 0.15) is 102 Å². The number of aryl methyl sites for hydroxylation is 1. The molecule has 0 aliphatic heterocycles. The second kappa shape index (κ2) is 15.7. The molecule has 1 aromatic carbocycles. The van der Waals surface area contributed by atoms with Gasteiger partial charge in [-0.05, 0) is 43.4 Å². The van der Waals surface area contributed by atoms with Gasteiger partial charge in [-0.15, -0.1) is 0 Å². The fraction of sp³-hybridized carbons (Fsp3) is 0.696. The molecular weight excluding hydrogens is 324 g/mol. The molecule has 1 aromatic rings. The number of phenols is 1. The molecule has 3 heteroatoms. The molecule has 0 saturated heterocycles. The molecule has 0 aliphatic rings. The van der Waals surface area contributed by atoms with Crippen molar-refractivity contribution in [2.75, 3.05) is 0 Å². The number of aromatic hydroxyl groups is 1. The van der Waals surface area contributed by atoms with Crippen LogP contribution in [0.3, 0.4) is 0 Å². The van der Waals surface area contributed by atoms with Gasteiger partial charge in [0.05, 0.1) is 0 Å². The Morgan fingerprint density at radius 3 is 1.46 bits per heavy atom. The molecule has 0 fully saturated rings. The van der Waals surface area contributed by atoms with Crippen LogP contribution >= 0.6 is 0 Å². The van der Waals surface area contributed by atoms with Crippen molar-refractivity contribution in [1.82, 2.24) is 0 Å². The molecule has 0 bridgehead atoms. The quantitative estimate of drug-likeness (QED) is 0.371. The van der Waals surface area contributed by atoms with Crippen LogP contribution in [-0.4, -0.2) is 11.1 Å². The second-order valence-electron chi connectivity index (χ2n) is 7.49. The van der Waals surface area contributed by atoms with Crippen molar-refractivity contribution in [3.63, 3.8) is 0 Å². The maximum atomic E-state index is 10.3. The number of carboxylic acids is 1. The number of rotatable bonds is 17. The van der Waals surface area contributed by atoms with Crippen LogP contribution in [0.25, 0.3) is 0 Å². The summed E-state index contributed by atoms with van der Waals surface area (Å²) in [5, 5.41) is 19.5. The van der Waals surface area contributed by atoms with Crippen molar-refractivity contribution >= 4 is 5.97 Å². The highest BCUT2D eigenvalue weighted by Gasteiger charge is 1.96. The maximum Gasteiger partial charge on any atom is 0.115 e. The third-order valence-electron chi connectivity index (χ3n) is 5.03. The first-order valence-corrected chi connectivity index (χ1v) is 10.7. The van der Waals surface area contributed by atoms with E-state index in [1.54, 1.807) is 12.1 Å². The Balaban J connectivity index is 1.74. The van der Waals surface area contributed by atoms with Gasteiger partial charge in [-0.1, -0.05) is 89.2 Å². The van der Waals surface area contributed by atoms with Gasteiger partial charge in [0.25, 0.3) is 0 Å². The zero-order valence-electron chi connectivity index (χ0n) is 16.4. The fourth-order valence-electron chi connectivity index (χ4n) is 3.38. The minimum Gasteiger partial charge on any atom is -0.550 e. The second-order valence-corrected chi connectivity index (χ2v) is 7.49. The van der Waals surface area contributed by atoms with E-state index in [2.05, 4.69) is 0 Å². The largest absolute Gasteiger partial charge is 0.550 e. The highest BCUT2D eigenvalue weighted by atomic mass is 16.4. The number of unbranched alkanes of at least 4 members (excludes halogenated alkanes) is 13. The number of carbonyl (C=O) groups excluding carboxylic acids is 1. The molecule has 148 valence electrons. The minimum absolute atomic E-state index is 0.219. The highest BCUT2D eigenvalue weighted by molar-refractivity contribution is 5.64. The number of hydrogen-bond acceptors (Lipinski definition) is 3. The van der Waals surface area contributed by atoms with Gasteiger partial charge in [0, 0.05) is 5.97 Å². The first-order valence-electron chi connectivity index (χ1n) is 10.7. The summed E-state index contributed by atoms with van der Waals surface area (Å²) in [6, 6.07) is 7.57. The van der Waals surface area contributed by atoms with E-state index >= 15 is 0 Å². The van der Waals surface area contributed by atoms with E-state index in [0.29, 0.717) is 5.75 Å². The van der Waals surface area contributed by atoms with Gasteiger partial charge in [-0.25, -0.2) is 0 Å². The molecule has 1 rings (SSSR count). The third-order valence-corrected chi connectivity index (χ3v) is 5.03. The number of phenolic OH excluding ortho intramolecular Hbond substituents is 1. The van der Waals surface area contributed by atoms with Crippen LogP contribution in [-0.2, 0) is 11.2 Å². The standard InChI is InChI=1S/C23H38O3/c24-22-19-17-21(18-20-22)15-13-11-9-7-5-3-1-2-4-6-8-10-12-14-16-23(25)26/h17-20,24H,1-16H2,(H,25,26)/p-1. The van der Waals surface area contributed by atoms with Crippen LogP contribution < -0.4 is 5.11 Å². The number of aliphatic carboxylic acids is 1. The number of carboxylic acid groups (broad SMARTS) is 1. The van der Waals surface area contributed by atoms with Gasteiger partial charge >= 0.3 is 0 Å². The van der Waals surface area contributed by atoms with E-state index in [-0.39, 0.29) is 6.42 Å². The van der Waals surface area contributed by atoms with E-state index in [1.165, 1.54) is 76.2 Å². The van der Waals surface area contributed by atoms with Crippen LogP contribution in [0.4, 0.5) is 0 Å². The molecule has 1 N–H and O–H groups in total. The molecule has 0 spiro atoms. The Morgan fingerprint density at radius 1 is 0.654 bits per heavy atom. The van der Waals surface area contributed by atoms with Crippen molar-refractivity contribution < 1.29 is 15.0 Å². The van der Waals surface area contributed by atoms with Crippen LogP contribution in [0, 0.1) is 0 Å². The maximum absolute atomic E-state index is 10.3. The molecule has 26 heavy (non-hydrogen) atoms. The zero-order valence-corrected chi connectivity index (χ0v) is 16.4. The smallest absolute Gasteiger partial charge is 0.115 e. The average molecular weight is 362 g/mol. The van der Waals surface area contributed by atoms with Crippen molar-refractivity contribution in [3.8, 4) is 5.75 Å². The molecule has 0 radical (unpaired) electrons. The molecule has 0 heterocycles. The highest BCUT2D eigenvalue weighted by Crippen LogP contribution is 2.15. The van der Waals surface area contributed by atoms with E-state index in [4.69, 9.17) is 0 Å². The van der Waals surface area contributed by atoms with Crippen molar-refractivity contribution in [1.29, 1.82) is 0 Å². The number of benzene rings is 1. The van der Waals surface area contributed by atoms with E-state index in [0.717, 1.165) is 25.7 Å². The molecule has 0 saturated carbocycles. The normalized spacial score (nSPS) is 10.9. The van der Waals surface area contributed by atoms with Gasteiger partial charge in [0.2, 0.25) is 0 Å². The lowest BCUT2D eigenvalue weighted by Gasteiger charge is -2.04. The van der Waals surface area contributed by atoms with Gasteiger partial charge in [-0.2, -0.15) is 0 Å². The van der Waals surface area contributed by atoms with Crippen LogP contribution in [0.5, 0.6) is 5.75 Å². The van der Waals surface area contributed by atoms with Crippen LogP contribution in [0.15, 0.2) is 24.3 Å². The van der Waals surface area contributed by atoms with E-state index in [9.17, 15) is 15.0 Å². The first-order chi connectivity index (χ1) is 12.7. The summed E-state index contributed by atoms with van der Waals surface area (Å²) in [7, 11) is 0. The van der Waals surface area contributed by atoms with Gasteiger partial charge in [-0.3, -0.25) is 0 Å². The number of hydrogen-bond donors (Lipinski definition) is 1. The first kappa shape index (κ1) is 22.5. The summed E-state index contributed by atoms with van der Waals surface area (Å²) >= 11 is 0. The van der Waals surface area contributed by atoms with Crippen molar-refractivity contribution in [2.45, 2.75) is 103 Å². The Morgan fingerprint density at radius 2 is 1.04 bits per heavy atom. The fourth-order valence-corrected chi connectivity index (χ4v) is 3.38. The minimum atomic E-state index is -0.914. The lowest BCUT2D eigenvalue weighted by Crippen LogP contribution is -2.21. The monoisotopic (exact) mass is 361 g/mol. The molecule has 0 aliphatic carbocycles. The van der Waals surface area contributed by atoms with E-state index < -0.39 is 5.97 Å². The molecule has 0 unspecified atom stereocenters. The van der Waals surface area contributed by atoms with Crippen molar-refractivity contribution in [3.05, 3.63) is 29.8 Å². The molecule has 0 amide bonds. The summed E-state index contributed by atoms with van der Waals surface area (Å²) in [5.41, 5.74) is 1.32. The molecule has 0 atom stereocenters. The van der Waals surface area contributed by atoms with Gasteiger partial charge < -0.3 is 15.0 Å². The SMILES string of the molecule is O=C([O-])CCCCCCCCCCCCCCCCc1ccc(O)cc1. The van der Waals surface area contributed by atoms with Gasteiger partial charge in [0.1, 0.15) is 5.75 Å².